The largest absolute Gasteiger partial charge is 0.318 e. The van der Waals surface area contributed by atoms with E-state index in [1.165, 1.54) is 28.9 Å². The molecule has 0 bridgehead atoms. The highest BCUT2D eigenvalue weighted by molar-refractivity contribution is 8.27. The van der Waals surface area contributed by atoms with Crippen molar-refractivity contribution in [2.45, 2.75) is 27.7 Å². The summed E-state index contributed by atoms with van der Waals surface area (Å²) < 4.78 is 15.3. The van der Waals surface area contributed by atoms with Crippen molar-refractivity contribution in [2.75, 3.05) is 0 Å². The van der Waals surface area contributed by atoms with Crippen LogP contribution in [0.2, 0.25) is 0 Å². The number of hydrogen-bond donors (Lipinski definition) is 1. The first kappa shape index (κ1) is 19.3. The predicted molar refractivity (Wildman–Crippen MR) is 115 cm³/mol. The van der Waals surface area contributed by atoms with Gasteiger partial charge in [0.05, 0.1) is 5.57 Å². The van der Waals surface area contributed by atoms with Crippen LogP contribution in [0.15, 0.2) is 46.0 Å². The molecule has 29 heavy (non-hydrogen) atoms. The second-order valence-electron chi connectivity index (χ2n) is 7.25. The number of carbonyl (C=O) groups excluding carboxylic acids is 1. The molecule has 3 heterocycles. The maximum atomic E-state index is 13.3. The lowest BCUT2D eigenvalue weighted by Crippen LogP contribution is -2.35. The van der Waals surface area contributed by atoms with Gasteiger partial charge in [0.15, 0.2) is 5.84 Å². The van der Waals surface area contributed by atoms with Gasteiger partial charge in [-0.25, -0.2) is 4.39 Å². The molecule has 148 valence electrons. The average molecular weight is 409 g/mol. The van der Waals surface area contributed by atoms with E-state index in [1.54, 1.807) is 18.2 Å². The first-order valence-corrected chi connectivity index (χ1v) is 10.0. The molecule has 8 heteroatoms. The van der Waals surface area contributed by atoms with Crippen molar-refractivity contribution in [1.29, 1.82) is 5.41 Å². The van der Waals surface area contributed by atoms with Crippen LogP contribution in [-0.2, 0) is 4.79 Å². The summed E-state index contributed by atoms with van der Waals surface area (Å²) in [5.41, 5.74) is 3.66. The van der Waals surface area contributed by atoms with Gasteiger partial charge in [0.1, 0.15) is 10.9 Å². The molecular weight excluding hydrogens is 389 g/mol. The summed E-state index contributed by atoms with van der Waals surface area (Å²) in [6.07, 6.45) is 1.68. The lowest BCUT2D eigenvalue weighted by molar-refractivity contribution is -0.114. The summed E-state index contributed by atoms with van der Waals surface area (Å²) in [4.78, 5) is 16.7. The number of amidine groups is 2. The Morgan fingerprint density at radius 2 is 1.90 bits per heavy atom. The molecule has 6 nitrogen and oxygen atoms in total. The number of aryl methyl sites for hydroxylation is 1. The van der Waals surface area contributed by atoms with E-state index < -0.39 is 5.91 Å². The molecule has 2 aromatic rings. The summed E-state index contributed by atoms with van der Waals surface area (Å²) >= 11 is 1.33. The van der Waals surface area contributed by atoms with Crippen LogP contribution in [-0.4, -0.2) is 31.5 Å². The summed E-state index contributed by atoms with van der Waals surface area (Å²) in [7, 11) is 0. The normalized spacial score (nSPS) is 17.9. The van der Waals surface area contributed by atoms with Crippen molar-refractivity contribution in [2.24, 2.45) is 16.0 Å². The molecular formula is C21H20FN5OS. The Hall–Kier alpha value is -3.00. The molecule has 1 aromatic heterocycles. The number of thioether (sulfide) groups is 1. The van der Waals surface area contributed by atoms with Crippen LogP contribution < -0.4 is 0 Å². The highest BCUT2D eigenvalue weighted by Gasteiger charge is 2.36. The van der Waals surface area contributed by atoms with Crippen molar-refractivity contribution in [3.05, 3.63) is 58.7 Å². The number of nitrogens with one attached hydrogen (secondary N) is 1. The third-order valence-corrected chi connectivity index (χ3v) is 6.03. The zero-order valence-corrected chi connectivity index (χ0v) is 17.3. The number of nitrogens with zero attached hydrogens (tertiary/aromatic N) is 4. The number of hydrazone groups is 1. The molecule has 0 aliphatic carbocycles. The maximum Gasteiger partial charge on any atom is 0.283 e. The quantitative estimate of drug-likeness (QED) is 0.758. The Morgan fingerprint density at radius 3 is 2.55 bits per heavy atom. The molecule has 2 aliphatic rings. The number of aliphatic imine (C=N–C) groups is 1. The van der Waals surface area contributed by atoms with Crippen LogP contribution in [0.5, 0.6) is 0 Å². The zero-order valence-electron chi connectivity index (χ0n) is 16.5. The van der Waals surface area contributed by atoms with Crippen molar-refractivity contribution in [3.63, 3.8) is 0 Å². The SMILES string of the molecule is Cc1cc(C=C2C(=N)N3N=C(C(C)C)SC3=NC2=O)c(C)n1-c1ccc(F)cc1. The third-order valence-electron chi connectivity index (χ3n) is 4.82. The van der Waals surface area contributed by atoms with Gasteiger partial charge in [0.2, 0.25) is 5.17 Å². The van der Waals surface area contributed by atoms with Crippen LogP contribution >= 0.6 is 11.8 Å². The molecule has 4 rings (SSSR count). The van der Waals surface area contributed by atoms with E-state index in [4.69, 9.17) is 5.41 Å². The first-order chi connectivity index (χ1) is 13.8. The fraction of sp³-hybridized carbons (Fsp3) is 0.238. The highest BCUT2D eigenvalue weighted by Crippen LogP contribution is 2.31. The van der Waals surface area contributed by atoms with Gasteiger partial charge in [-0.05, 0) is 67.6 Å². The zero-order chi connectivity index (χ0) is 20.9. The summed E-state index contributed by atoms with van der Waals surface area (Å²) in [6.45, 7) is 7.89. The maximum absolute atomic E-state index is 13.3. The van der Waals surface area contributed by atoms with E-state index in [0.29, 0.717) is 5.17 Å². The monoisotopic (exact) mass is 409 g/mol. The van der Waals surface area contributed by atoms with Crippen LogP contribution in [0.1, 0.15) is 30.8 Å². The molecule has 2 aliphatic heterocycles. The molecule has 0 saturated carbocycles. The molecule has 1 aromatic carbocycles. The topological polar surface area (TPSA) is 73.8 Å². The number of halogens is 1. The highest BCUT2D eigenvalue weighted by atomic mass is 32.2. The number of benzene rings is 1. The number of carbonyl (C=O) groups is 1. The van der Waals surface area contributed by atoms with Gasteiger partial charge in [0, 0.05) is 23.0 Å². The van der Waals surface area contributed by atoms with E-state index in [0.717, 1.165) is 27.7 Å². The van der Waals surface area contributed by atoms with Gasteiger partial charge in [-0.15, -0.1) is 0 Å². The molecule has 0 radical (unpaired) electrons. The Kier molecular flexibility index (Phi) is 4.74. The summed E-state index contributed by atoms with van der Waals surface area (Å²) in [5, 5.41) is 15.6. The van der Waals surface area contributed by atoms with E-state index in [-0.39, 0.29) is 23.1 Å². The fourth-order valence-corrected chi connectivity index (χ4v) is 4.21. The molecule has 1 N–H and O–H groups in total. The van der Waals surface area contributed by atoms with Gasteiger partial charge in [-0.3, -0.25) is 10.2 Å². The second kappa shape index (κ2) is 7.11. The van der Waals surface area contributed by atoms with Crippen molar-refractivity contribution >= 4 is 39.8 Å². The lowest BCUT2D eigenvalue weighted by atomic mass is 10.1. The Bertz CT molecular complexity index is 1120. The number of fused-ring (bicyclic) bond motifs is 1. The molecule has 0 saturated heterocycles. The third kappa shape index (κ3) is 3.33. The number of amides is 1. The first-order valence-electron chi connectivity index (χ1n) is 9.21. The van der Waals surface area contributed by atoms with E-state index in [9.17, 15) is 9.18 Å². The smallest absolute Gasteiger partial charge is 0.283 e. The number of aromatic nitrogens is 1. The number of rotatable bonds is 3. The van der Waals surface area contributed by atoms with Gasteiger partial charge >= 0.3 is 0 Å². The Morgan fingerprint density at radius 1 is 1.21 bits per heavy atom. The number of hydrogen-bond acceptors (Lipinski definition) is 4. The van der Waals surface area contributed by atoms with Crippen LogP contribution in [0, 0.1) is 31.0 Å². The van der Waals surface area contributed by atoms with Gasteiger partial charge in [0.25, 0.3) is 5.91 Å². The van der Waals surface area contributed by atoms with Crippen molar-refractivity contribution in [1.82, 2.24) is 9.58 Å². The standard InChI is InChI=1S/C21H20FN5OS/c1-11(2)20-25-27-18(23)17(19(28)24-21(27)29-20)10-14-9-12(3)26(13(14)4)16-7-5-15(22)6-8-16/h5-11,23H,1-4H3. The van der Waals surface area contributed by atoms with Gasteiger partial charge < -0.3 is 4.57 Å². The minimum atomic E-state index is -0.444. The van der Waals surface area contributed by atoms with Gasteiger partial charge in [-0.2, -0.15) is 15.1 Å². The van der Waals surface area contributed by atoms with Gasteiger partial charge in [-0.1, -0.05) is 13.8 Å². The van der Waals surface area contributed by atoms with Crippen molar-refractivity contribution < 1.29 is 9.18 Å². The van der Waals surface area contributed by atoms with E-state index in [2.05, 4.69) is 10.1 Å². The summed E-state index contributed by atoms with van der Waals surface area (Å²) in [5.74, 6) is -0.521. The molecule has 0 unspecified atom stereocenters. The molecule has 0 spiro atoms. The molecule has 0 atom stereocenters. The molecule has 1 amide bonds. The van der Waals surface area contributed by atoms with Crippen molar-refractivity contribution in [3.8, 4) is 5.69 Å². The van der Waals surface area contributed by atoms with Crippen LogP contribution in [0.4, 0.5) is 4.39 Å². The second-order valence-corrected chi connectivity index (χ2v) is 8.24. The average Bonchev–Trinajstić information content (AvgIpc) is 3.21. The predicted octanol–water partition coefficient (Wildman–Crippen LogP) is 4.51. The minimum absolute atomic E-state index is 0.0229. The Labute approximate surface area is 172 Å². The lowest BCUT2D eigenvalue weighted by Gasteiger charge is -2.20. The fourth-order valence-electron chi connectivity index (χ4n) is 3.32. The Balaban J connectivity index is 1.74. The van der Waals surface area contributed by atoms with Crippen LogP contribution in [0.3, 0.4) is 0 Å². The van der Waals surface area contributed by atoms with E-state index >= 15 is 0 Å². The summed E-state index contributed by atoms with van der Waals surface area (Å²) in [6, 6.07) is 8.18. The van der Waals surface area contributed by atoms with Crippen LogP contribution in [0.25, 0.3) is 11.8 Å². The molecule has 0 fully saturated rings. The minimum Gasteiger partial charge on any atom is -0.318 e. The van der Waals surface area contributed by atoms with E-state index in [1.807, 2.05) is 38.3 Å².